The summed E-state index contributed by atoms with van der Waals surface area (Å²) in [6.07, 6.45) is 1.61. The molecule has 3 heteroatoms. The van der Waals surface area contributed by atoms with Crippen LogP contribution in [-0.2, 0) is 4.79 Å². The van der Waals surface area contributed by atoms with Gasteiger partial charge < -0.3 is 5.32 Å². The number of carbonyl (C=O) groups is 1. The topological polar surface area (TPSA) is 52.9 Å². The molecule has 3 nitrogen and oxygen atoms in total. The molecule has 0 saturated heterocycles. The zero-order valence-corrected chi connectivity index (χ0v) is 13.0. The molecule has 22 heavy (non-hydrogen) atoms. The van der Waals surface area contributed by atoms with Gasteiger partial charge in [0.25, 0.3) is 5.91 Å². The number of carbonyl (C=O) groups excluding carboxylic acids is 1. The molecule has 0 fully saturated rings. The third kappa shape index (κ3) is 3.83. The fourth-order valence-corrected chi connectivity index (χ4v) is 2.00. The minimum absolute atomic E-state index is 0.0869. The maximum Gasteiger partial charge on any atom is 0.266 e. The minimum Gasteiger partial charge on any atom is -0.321 e. The largest absolute Gasteiger partial charge is 0.321 e. The number of amides is 1. The molecular weight excluding hydrogens is 272 g/mol. The van der Waals surface area contributed by atoms with Crippen LogP contribution in [0.15, 0.2) is 48.0 Å². The van der Waals surface area contributed by atoms with Gasteiger partial charge in [-0.1, -0.05) is 35.9 Å². The Kier molecular flexibility index (Phi) is 4.75. The van der Waals surface area contributed by atoms with E-state index in [4.69, 9.17) is 0 Å². The van der Waals surface area contributed by atoms with Gasteiger partial charge in [0.2, 0.25) is 0 Å². The molecule has 0 atom stereocenters. The van der Waals surface area contributed by atoms with Gasteiger partial charge in [-0.3, -0.25) is 4.79 Å². The molecule has 2 aromatic carbocycles. The van der Waals surface area contributed by atoms with Gasteiger partial charge >= 0.3 is 0 Å². The molecule has 0 spiro atoms. The highest BCUT2D eigenvalue weighted by molar-refractivity contribution is 6.09. The number of rotatable bonds is 3. The van der Waals surface area contributed by atoms with E-state index in [1.54, 1.807) is 6.08 Å². The Labute approximate surface area is 130 Å². The smallest absolute Gasteiger partial charge is 0.266 e. The van der Waals surface area contributed by atoms with Crippen molar-refractivity contribution < 1.29 is 4.79 Å². The third-order valence-electron chi connectivity index (χ3n) is 3.52. The predicted molar refractivity (Wildman–Crippen MR) is 89.3 cm³/mol. The maximum absolute atomic E-state index is 12.2. The zero-order chi connectivity index (χ0) is 16.1. The van der Waals surface area contributed by atoms with E-state index in [0.29, 0.717) is 5.69 Å². The summed E-state index contributed by atoms with van der Waals surface area (Å²) >= 11 is 0. The lowest BCUT2D eigenvalue weighted by atomic mass is 10.0. The lowest BCUT2D eigenvalue weighted by Gasteiger charge is -2.05. The Morgan fingerprint density at radius 2 is 1.73 bits per heavy atom. The molecule has 2 aromatic rings. The monoisotopic (exact) mass is 290 g/mol. The van der Waals surface area contributed by atoms with Crippen LogP contribution in [0.3, 0.4) is 0 Å². The fourth-order valence-electron chi connectivity index (χ4n) is 2.00. The summed E-state index contributed by atoms with van der Waals surface area (Å²) < 4.78 is 0. The summed E-state index contributed by atoms with van der Waals surface area (Å²) in [5.74, 6) is -0.399. The molecule has 0 aliphatic rings. The Hall–Kier alpha value is -2.86. The lowest BCUT2D eigenvalue weighted by molar-refractivity contribution is -0.112. The van der Waals surface area contributed by atoms with E-state index in [2.05, 4.69) is 5.32 Å². The first kappa shape index (κ1) is 15.5. The first-order valence-electron chi connectivity index (χ1n) is 7.06. The highest BCUT2D eigenvalue weighted by Crippen LogP contribution is 2.15. The van der Waals surface area contributed by atoms with Crippen molar-refractivity contribution in [2.75, 3.05) is 5.32 Å². The van der Waals surface area contributed by atoms with Crippen LogP contribution in [0, 0.1) is 32.1 Å². The summed E-state index contributed by atoms with van der Waals surface area (Å²) in [4.78, 5) is 12.2. The molecule has 2 rings (SSSR count). The standard InChI is InChI=1S/C19H18N2O/c1-13-4-8-18(9-5-13)21-19(22)17(12-20)11-16-7-6-14(2)15(3)10-16/h4-11H,1-3H3,(H,21,22)/b17-11+. The summed E-state index contributed by atoms with van der Waals surface area (Å²) in [7, 11) is 0. The van der Waals surface area contributed by atoms with E-state index in [0.717, 1.165) is 16.7 Å². The number of hydrogen-bond acceptors (Lipinski definition) is 2. The normalized spacial score (nSPS) is 10.9. The fraction of sp³-hybridized carbons (Fsp3) is 0.158. The van der Waals surface area contributed by atoms with Crippen LogP contribution in [-0.4, -0.2) is 5.91 Å². The molecular formula is C19H18N2O. The molecule has 0 aromatic heterocycles. The second kappa shape index (κ2) is 6.73. The molecule has 0 radical (unpaired) electrons. The zero-order valence-electron chi connectivity index (χ0n) is 13.0. The van der Waals surface area contributed by atoms with Crippen molar-refractivity contribution in [3.05, 3.63) is 70.3 Å². The minimum atomic E-state index is -0.399. The van der Waals surface area contributed by atoms with Gasteiger partial charge in [0.05, 0.1) is 0 Å². The number of nitrogens with zero attached hydrogens (tertiary/aromatic N) is 1. The Balaban J connectivity index is 2.21. The maximum atomic E-state index is 12.2. The Morgan fingerprint density at radius 1 is 1.05 bits per heavy atom. The van der Waals surface area contributed by atoms with Crippen molar-refractivity contribution in [2.24, 2.45) is 0 Å². The van der Waals surface area contributed by atoms with Gasteiger partial charge in [0.15, 0.2) is 0 Å². The SMILES string of the molecule is Cc1ccc(NC(=O)/C(C#N)=C/c2ccc(C)c(C)c2)cc1. The molecule has 110 valence electrons. The van der Waals surface area contributed by atoms with Crippen LogP contribution in [0.1, 0.15) is 22.3 Å². The van der Waals surface area contributed by atoms with Crippen LogP contribution < -0.4 is 5.32 Å². The van der Waals surface area contributed by atoms with Crippen molar-refractivity contribution in [3.8, 4) is 6.07 Å². The molecule has 1 N–H and O–H groups in total. The highest BCUT2D eigenvalue weighted by atomic mass is 16.1. The molecule has 0 unspecified atom stereocenters. The lowest BCUT2D eigenvalue weighted by Crippen LogP contribution is -2.13. The Morgan fingerprint density at radius 3 is 2.32 bits per heavy atom. The second-order valence-corrected chi connectivity index (χ2v) is 5.33. The molecule has 0 aliphatic heterocycles. The van der Waals surface area contributed by atoms with Gasteiger partial charge in [-0.15, -0.1) is 0 Å². The van der Waals surface area contributed by atoms with Crippen LogP contribution >= 0.6 is 0 Å². The van der Waals surface area contributed by atoms with E-state index < -0.39 is 5.91 Å². The molecule has 0 heterocycles. The van der Waals surface area contributed by atoms with Gasteiger partial charge in [-0.2, -0.15) is 5.26 Å². The van der Waals surface area contributed by atoms with Crippen molar-refractivity contribution in [1.29, 1.82) is 5.26 Å². The molecule has 0 bridgehead atoms. The average Bonchev–Trinajstić information content (AvgIpc) is 2.50. The molecule has 1 amide bonds. The van der Waals surface area contributed by atoms with E-state index in [1.807, 2.05) is 69.3 Å². The van der Waals surface area contributed by atoms with Crippen LogP contribution in [0.2, 0.25) is 0 Å². The summed E-state index contributed by atoms with van der Waals surface area (Å²) in [6, 6.07) is 15.3. The van der Waals surface area contributed by atoms with Crippen molar-refractivity contribution in [3.63, 3.8) is 0 Å². The van der Waals surface area contributed by atoms with Crippen LogP contribution in [0.25, 0.3) is 6.08 Å². The molecule has 0 saturated carbocycles. The van der Waals surface area contributed by atoms with E-state index in [-0.39, 0.29) is 5.57 Å². The average molecular weight is 290 g/mol. The summed E-state index contributed by atoms with van der Waals surface area (Å²) in [6.45, 7) is 6.01. The number of anilines is 1. The molecule has 0 aliphatic carbocycles. The van der Waals surface area contributed by atoms with Crippen LogP contribution in [0.4, 0.5) is 5.69 Å². The number of benzene rings is 2. The second-order valence-electron chi connectivity index (χ2n) is 5.33. The van der Waals surface area contributed by atoms with Gasteiger partial charge in [-0.05, 0) is 55.7 Å². The van der Waals surface area contributed by atoms with Crippen molar-refractivity contribution >= 4 is 17.7 Å². The van der Waals surface area contributed by atoms with Gasteiger partial charge in [0, 0.05) is 5.69 Å². The first-order chi connectivity index (χ1) is 10.5. The summed E-state index contributed by atoms with van der Waals surface area (Å²) in [5, 5.41) is 12.0. The van der Waals surface area contributed by atoms with Crippen molar-refractivity contribution in [1.82, 2.24) is 0 Å². The first-order valence-corrected chi connectivity index (χ1v) is 7.06. The van der Waals surface area contributed by atoms with E-state index in [1.165, 1.54) is 5.56 Å². The number of nitriles is 1. The third-order valence-corrected chi connectivity index (χ3v) is 3.52. The quantitative estimate of drug-likeness (QED) is 0.681. The van der Waals surface area contributed by atoms with Gasteiger partial charge in [0.1, 0.15) is 11.6 Å². The van der Waals surface area contributed by atoms with Gasteiger partial charge in [-0.25, -0.2) is 0 Å². The number of hydrogen-bond donors (Lipinski definition) is 1. The van der Waals surface area contributed by atoms with E-state index >= 15 is 0 Å². The Bertz CT molecular complexity index is 765. The highest BCUT2D eigenvalue weighted by Gasteiger charge is 2.09. The number of nitrogens with one attached hydrogen (secondary N) is 1. The number of aryl methyl sites for hydroxylation is 3. The summed E-state index contributed by atoms with van der Waals surface area (Å²) in [5.41, 5.74) is 5.04. The van der Waals surface area contributed by atoms with Crippen LogP contribution in [0.5, 0.6) is 0 Å². The predicted octanol–water partition coefficient (Wildman–Crippen LogP) is 4.16. The van der Waals surface area contributed by atoms with Crippen molar-refractivity contribution in [2.45, 2.75) is 20.8 Å². The van der Waals surface area contributed by atoms with E-state index in [9.17, 15) is 10.1 Å².